The van der Waals surface area contributed by atoms with E-state index in [0.717, 1.165) is 20.3 Å². The number of benzene rings is 2. The monoisotopic (exact) mass is 519 g/mol. The predicted molar refractivity (Wildman–Crippen MR) is 121 cm³/mol. The lowest BCUT2D eigenvalue weighted by Crippen LogP contribution is -2.55. The fraction of sp³-hybridized carbons (Fsp3) is 0.318. The molecule has 2 aliphatic heterocycles. The Kier molecular flexibility index (Phi) is 6.19. The lowest BCUT2D eigenvalue weighted by Gasteiger charge is -2.32. The van der Waals surface area contributed by atoms with Crippen molar-refractivity contribution in [3.63, 3.8) is 0 Å². The van der Waals surface area contributed by atoms with E-state index in [0.29, 0.717) is 29.5 Å². The van der Waals surface area contributed by atoms with Crippen LogP contribution in [0.25, 0.3) is 0 Å². The van der Waals surface area contributed by atoms with Gasteiger partial charge in [-0.25, -0.2) is 8.42 Å². The van der Waals surface area contributed by atoms with Crippen LogP contribution < -0.4 is 4.90 Å². The number of sulfonamides is 1. The second kappa shape index (κ2) is 8.76. The van der Waals surface area contributed by atoms with Crippen LogP contribution in [0.3, 0.4) is 0 Å². The van der Waals surface area contributed by atoms with Gasteiger partial charge in [0.15, 0.2) is 0 Å². The van der Waals surface area contributed by atoms with Crippen molar-refractivity contribution in [1.82, 2.24) is 9.21 Å². The standard InChI is InChI=1S/C22H22BrN3O5S/c1-15(27)25-10-8-17-11-18(23)20(12-19(17)25)32(30,31)24-13-21(28)26(22(29)14-24)9-7-16-5-3-2-4-6-16/h2-6,11-12H,7-10,13-14H2,1H3. The number of rotatable bonds is 5. The number of halogens is 1. The summed E-state index contributed by atoms with van der Waals surface area (Å²) in [6.07, 6.45) is 1.13. The van der Waals surface area contributed by atoms with Crippen LogP contribution in [-0.4, -0.2) is 61.5 Å². The average Bonchev–Trinajstić information content (AvgIpc) is 3.16. The van der Waals surface area contributed by atoms with Crippen LogP contribution in [0.2, 0.25) is 0 Å². The van der Waals surface area contributed by atoms with E-state index in [4.69, 9.17) is 0 Å². The van der Waals surface area contributed by atoms with Gasteiger partial charge in [0, 0.05) is 30.2 Å². The molecule has 1 saturated heterocycles. The number of amides is 3. The van der Waals surface area contributed by atoms with Crippen molar-refractivity contribution in [2.45, 2.75) is 24.7 Å². The molecule has 0 aliphatic carbocycles. The van der Waals surface area contributed by atoms with Crippen LogP contribution in [0.15, 0.2) is 51.8 Å². The van der Waals surface area contributed by atoms with E-state index in [2.05, 4.69) is 15.9 Å². The van der Waals surface area contributed by atoms with Gasteiger partial charge in [-0.15, -0.1) is 0 Å². The van der Waals surface area contributed by atoms with Crippen molar-refractivity contribution in [1.29, 1.82) is 0 Å². The highest BCUT2D eigenvalue weighted by Crippen LogP contribution is 2.36. The highest BCUT2D eigenvalue weighted by atomic mass is 79.9. The van der Waals surface area contributed by atoms with Crippen LogP contribution >= 0.6 is 15.9 Å². The van der Waals surface area contributed by atoms with Crippen molar-refractivity contribution in [3.05, 3.63) is 58.1 Å². The summed E-state index contributed by atoms with van der Waals surface area (Å²) in [4.78, 5) is 39.8. The first-order valence-electron chi connectivity index (χ1n) is 10.2. The topological polar surface area (TPSA) is 95.1 Å². The third kappa shape index (κ3) is 4.22. The van der Waals surface area contributed by atoms with Crippen LogP contribution in [0, 0.1) is 0 Å². The average molecular weight is 520 g/mol. The summed E-state index contributed by atoms with van der Waals surface area (Å²) in [5.74, 6) is -1.28. The molecule has 0 atom stereocenters. The molecule has 168 valence electrons. The predicted octanol–water partition coefficient (Wildman–Crippen LogP) is 1.96. The molecule has 2 aromatic carbocycles. The van der Waals surface area contributed by atoms with Gasteiger partial charge in [-0.3, -0.25) is 19.3 Å². The summed E-state index contributed by atoms with van der Waals surface area (Å²) in [7, 11) is -4.14. The van der Waals surface area contributed by atoms with Gasteiger partial charge in [0.25, 0.3) is 0 Å². The summed E-state index contributed by atoms with van der Waals surface area (Å²) in [6, 6.07) is 12.6. The molecule has 0 N–H and O–H groups in total. The van der Waals surface area contributed by atoms with E-state index in [1.807, 2.05) is 30.3 Å². The molecule has 0 saturated carbocycles. The van der Waals surface area contributed by atoms with Crippen molar-refractivity contribution < 1.29 is 22.8 Å². The van der Waals surface area contributed by atoms with Crippen LogP contribution in [0.1, 0.15) is 18.1 Å². The third-order valence-corrected chi connectivity index (χ3v) is 8.47. The van der Waals surface area contributed by atoms with E-state index in [1.54, 1.807) is 6.07 Å². The van der Waals surface area contributed by atoms with E-state index >= 15 is 0 Å². The largest absolute Gasteiger partial charge is 0.312 e. The van der Waals surface area contributed by atoms with Crippen molar-refractivity contribution in [2.75, 3.05) is 31.1 Å². The minimum atomic E-state index is -4.14. The van der Waals surface area contributed by atoms with Gasteiger partial charge in [-0.1, -0.05) is 30.3 Å². The second-order valence-corrected chi connectivity index (χ2v) is 10.5. The maximum atomic E-state index is 13.3. The van der Waals surface area contributed by atoms with Gasteiger partial charge in [0.05, 0.1) is 18.0 Å². The highest BCUT2D eigenvalue weighted by Gasteiger charge is 2.39. The van der Waals surface area contributed by atoms with Gasteiger partial charge in [0.2, 0.25) is 27.7 Å². The second-order valence-electron chi connectivity index (χ2n) is 7.78. The summed E-state index contributed by atoms with van der Waals surface area (Å²) in [6.45, 7) is 1.28. The molecule has 0 unspecified atom stereocenters. The SMILES string of the molecule is CC(=O)N1CCc2cc(Br)c(S(=O)(=O)N3CC(=O)N(CCc4ccccc4)C(=O)C3)cc21. The Labute approximate surface area is 195 Å². The number of imide groups is 1. The Morgan fingerprint density at radius 1 is 1.06 bits per heavy atom. The maximum Gasteiger partial charge on any atom is 0.245 e. The Bertz CT molecular complexity index is 1180. The van der Waals surface area contributed by atoms with E-state index in [9.17, 15) is 22.8 Å². The Morgan fingerprint density at radius 3 is 2.34 bits per heavy atom. The zero-order valence-corrected chi connectivity index (χ0v) is 19.9. The van der Waals surface area contributed by atoms with Crippen molar-refractivity contribution in [3.8, 4) is 0 Å². The maximum absolute atomic E-state index is 13.3. The molecule has 4 rings (SSSR count). The van der Waals surface area contributed by atoms with Gasteiger partial charge in [-0.05, 0) is 52.0 Å². The molecule has 2 heterocycles. The first-order valence-corrected chi connectivity index (χ1v) is 12.4. The summed E-state index contributed by atoms with van der Waals surface area (Å²) < 4.78 is 27.9. The number of nitrogens with zero attached hydrogens (tertiary/aromatic N) is 3. The van der Waals surface area contributed by atoms with Gasteiger partial charge in [-0.2, -0.15) is 4.31 Å². The summed E-state index contributed by atoms with van der Waals surface area (Å²) in [5.41, 5.74) is 2.39. The lowest BCUT2D eigenvalue weighted by molar-refractivity contribution is -0.149. The van der Waals surface area contributed by atoms with Crippen molar-refractivity contribution in [2.24, 2.45) is 0 Å². The number of carbonyl (C=O) groups excluding carboxylic acids is 3. The Hall–Kier alpha value is -2.56. The smallest absolute Gasteiger partial charge is 0.245 e. The molecule has 10 heteroatoms. The molecular formula is C22H22BrN3O5S. The molecule has 0 spiro atoms. The fourth-order valence-electron chi connectivity index (χ4n) is 4.02. The molecule has 2 aliphatic rings. The first-order chi connectivity index (χ1) is 15.2. The van der Waals surface area contributed by atoms with Crippen LogP contribution in [0.4, 0.5) is 5.69 Å². The molecule has 32 heavy (non-hydrogen) atoms. The number of carbonyl (C=O) groups is 3. The van der Waals surface area contributed by atoms with Crippen LogP contribution in [-0.2, 0) is 37.2 Å². The lowest BCUT2D eigenvalue weighted by atomic mass is 10.1. The molecule has 3 amide bonds. The fourth-order valence-corrected chi connectivity index (χ4v) is 6.43. The molecule has 0 bridgehead atoms. The van der Waals surface area contributed by atoms with Crippen LogP contribution in [0.5, 0.6) is 0 Å². The first kappa shape index (κ1) is 22.6. The molecule has 2 aromatic rings. The molecule has 0 aromatic heterocycles. The number of hydrogen-bond donors (Lipinski definition) is 0. The normalized spacial score (nSPS) is 17.1. The van der Waals surface area contributed by atoms with Gasteiger partial charge in [0.1, 0.15) is 0 Å². The minimum absolute atomic E-state index is 0.0669. The zero-order valence-electron chi connectivity index (χ0n) is 17.5. The van der Waals surface area contributed by atoms with E-state index < -0.39 is 34.9 Å². The molecular weight excluding hydrogens is 498 g/mol. The summed E-state index contributed by atoms with van der Waals surface area (Å²) >= 11 is 3.31. The minimum Gasteiger partial charge on any atom is -0.312 e. The number of anilines is 1. The summed E-state index contributed by atoms with van der Waals surface area (Å²) in [5, 5.41) is 0. The molecule has 8 nitrogen and oxygen atoms in total. The quantitative estimate of drug-likeness (QED) is 0.562. The number of fused-ring (bicyclic) bond motifs is 1. The highest BCUT2D eigenvalue weighted by molar-refractivity contribution is 9.10. The van der Waals surface area contributed by atoms with E-state index in [1.165, 1.54) is 17.9 Å². The number of hydrogen-bond acceptors (Lipinski definition) is 5. The van der Waals surface area contributed by atoms with Gasteiger partial charge < -0.3 is 4.90 Å². The van der Waals surface area contributed by atoms with Crippen molar-refractivity contribution >= 4 is 49.4 Å². The Balaban J connectivity index is 1.55. The van der Waals surface area contributed by atoms with Gasteiger partial charge >= 0.3 is 0 Å². The van der Waals surface area contributed by atoms with E-state index in [-0.39, 0.29) is 17.3 Å². The Morgan fingerprint density at radius 2 is 1.72 bits per heavy atom. The third-order valence-electron chi connectivity index (χ3n) is 5.72. The molecule has 0 radical (unpaired) electrons. The molecule has 1 fully saturated rings. The number of piperazine rings is 1. The zero-order chi connectivity index (χ0) is 23.0.